The van der Waals surface area contributed by atoms with Gasteiger partial charge < -0.3 is 4.42 Å². The van der Waals surface area contributed by atoms with Crippen LogP contribution in [0, 0.1) is 11.8 Å². The van der Waals surface area contributed by atoms with Gasteiger partial charge in [0.25, 0.3) is 4.84 Å². The Balaban J connectivity index is 2.39. The third-order valence-electron chi connectivity index (χ3n) is 3.10. The highest BCUT2D eigenvalue weighted by atomic mass is 32.1. The second-order valence-corrected chi connectivity index (χ2v) is 4.77. The number of H-pyrrole nitrogens is 1. The zero-order chi connectivity index (χ0) is 13.4. The molecule has 0 saturated heterocycles. The number of aromatic nitrogens is 3. The molecular formula is C14H13N3OS. The number of pyridine rings is 1. The molecule has 2 aromatic heterocycles. The summed E-state index contributed by atoms with van der Waals surface area (Å²) >= 11 is 4.94. The van der Waals surface area contributed by atoms with Crippen molar-refractivity contribution < 1.29 is 4.42 Å². The third kappa shape index (κ3) is 2.06. The van der Waals surface area contributed by atoms with Gasteiger partial charge in [-0.25, -0.2) is 5.10 Å². The summed E-state index contributed by atoms with van der Waals surface area (Å²) in [6.07, 6.45) is 0.942. The Morgan fingerprint density at radius 3 is 2.89 bits per heavy atom. The van der Waals surface area contributed by atoms with Crippen LogP contribution in [0.15, 0.2) is 28.7 Å². The van der Waals surface area contributed by atoms with E-state index >= 15 is 0 Å². The molecule has 0 atom stereocenters. The molecule has 3 rings (SSSR count). The zero-order valence-corrected chi connectivity index (χ0v) is 11.5. The molecule has 0 aliphatic heterocycles. The second kappa shape index (κ2) is 4.59. The van der Waals surface area contributed by atoms with Gasteiger partial charge in [0.1, 0.15) is 0 Å². The van der Waals surface area contributed by atoms with Crippen LogP contribution in [0.1, 0.15) is 18.2 Å². The lowest BCUT2D eigenvalue weighted by molar-refractivity contribution is 0.552. The van der Waals surface area contributed by atoms with E-state index in [1.54, 1.807) is 0 Å². The number of aromatic amines is 1. The lowest BCUT2D eigenvalue weighted by Gasteiger charge is -2.07. The largest absolute Gasteiger partial charge is 0.409 e. The van der Waals surface area contributed by atoms with Gasteiger partial charge >= 0.3 is 0 Å². The average Bonchev–Trinajstić information content (AvgIpc) is 2.83. The standard InChI is InChI=1S/C14H13N3OS/c1-3-9-5-4-6-10-11(7-8(2)15-12(9)10)13-16-17-14(19)18-13/h4-7H,3H2,1-2H3,(H,17,19). The predicted molar refractivity (Wildman–Crippen MR) is 76.5 cm³/mol. The van der Waals surface area contributed by atoms with Crippen LogP contribution in [0.25, 0.3) is 22.4 Å². The molecular weight excluding hydrogens is 258 g/mol. The van der Waals surface area contributed by atoms with E-state index in [0.29, 0.717) is 5.89 Å². The smallest absolute Gasteiger partial charge is 0.284 e. The van der Waals surface area contributed by atoms with Crippen LogP contribution in [0.5, 0.6) is 0 Å². The Bertz CT molecular complexity index is 804. The van der Waals surface area contributed by atoms with Crippen LogP contribution in [-0.2, 0) is 6.42 Å². The highest BCUT2D eigenvalue weighted by Gasteiger charge is 2.12. The summed E-state index contributed by atoms with van der Waals surface area (Å²) in [4.78, 5) is 4.92. The van der Waals surface area contributed by atoms with Crippen LogP contribution in [0.4, 0.5) is 0 Å². The van der Waals surface area contributed by atoms with E-state index in [9.17, 15) is 0 Å². The average molecular weight is 271 g/mol. The fourth-order valence-electron chi connectivity index (χ4n) is 2.24. The third-order valence-corrected chi connectivity index (χ3v) is 3.28. The molecule has 5 heteroatoms. The maximum Gasteiger partial charge on any atom is 0.284 e. The lowest BCUT2D eigenvalue weighted by atomic mass is 10.0. The van der Waals surface area contributed by atoms with Crippen molar-refractivity contribution in [2.24, 2.45) is 0 Å². The Morgan fingerprint density at radius 1 is 1.37 bits per heavy atom. The Morgan fingerprint density at radius 2 is 2.21 bits per heavy atom. The summed E-state index contributed by atoms with van der Waals surface area (Å²) < 4.78 is 5.43. The normalized spacial score (nSPS) is 11.1. The van der Waals surface area contributed by atoms with E-state index in [4.69, 9.17) is 16.6 Å². The molecule has 2 heterocycles. The SMILES string of the molecule is CCc1cccc2c(-c3n[nH]c(=S)o3)cc(C)nc12. The fourth-order valence-corrected chi connectivity index (χ4v) is 2.37. The summed E-state index contributed by atoms with van der Waals surface area (Å²) in [5.74, 6) is 0.508. The Kier molecular flexibility index (Phi) is 2.91. The topological polar surface area (TPSA) is 54.7 Å². The number of nitrogens with one attached hydrogen (secondary N) is 1. The van der Waals surface area contributed by atoms with Gasteiger partial charge in [0.05, 0.1) is 5.52 Å². The van der Waals surface area contributed by atoms with Crippen LogP contribution in [0.3, 0.4) is 0 Å². The minimum Gasteiger partial charge on any atom is -0.409 e. The molecule has 0 saturated carbocycles. The van der Waals surface area contributed by atoms with E-state index in [0.717, 1.165) is 28.6 Å². The number of benzene rings is 1. The van der Waals surface area contributed by atoms with Crippen molar-refractivity contribution in [3.8, 4) is 11.5 Å². The van der Waals surface area contributed by atoms with Crippen molar-refractivity contribution in [1.29, 1.82) is 0 Å². The summed E-state index contributed by atoms with van der Waals surface area (Å²) in [5, 5.41) is 7.80. The van der Waals surface area contributed by atoms with Gasteiger partial charge in [-0.1, -0.05) is 25.1 Å². The van der Waals surface area contributed by atoms with Crippen molar-refractivity contribution in [2.45, 2.75) is 20.3 Å². The molecule has 0 radical (unpaired) electrons. The molecule has 1 aromatic carbocycles. The number of hydrogen-bond donors (Lipinski definition) is 1. The molecule has 3 aromatic rings. The van der Waals surface area contributed by atoms with Gasteiger partial charge in [-0.15, -0.1) is 5.10 Å². The summed E-state index contributed by atoms with van der Waals surface area (Å²) in [6.45, 7) is 4.09. The van der Waals surface area contributed by atoms with E-state index in [1.165, 1.54) is 5.56 Å². The van der Waals surface area contributed by atoms with Gasteiger partial charge in [-0.05, 0) is 37.2 Å². The maximum atomic E-state index is 5.43. The monoisotopic (exact) mass is 271 g/mol. The van der Waals surface area contributed by atoms with Gasteiger partial charge in [0.2, 0.25) is 5.89 Å². The van der Waals surface area contributed by atoms with Gasteiger partial charge in [-0.2, -0.15) is 0 Å². The van der Waals surface area contributed by atoms with E-state index < -0.39 is 0 Å². The number of rotatable bonds is 2. The van der Waals surface area contributed by atoms with Crippen molar-refractivity contribution in [3.05, 3.63) is 40.4 Å². The quantitative estimate of drug-likeness (QED) is 0.720. The minimum absolute atomic E-state index is 0.282. The maximum absolute atomic E-state index is 5.43. The molecule has 0 aliphatic rings. The number of fused-ring (bicyclic) bond motifs is 1. The van der Waals surface area contributed by atoms with E-state index in [2.05, 4.69) is 28.2 Å². The number of nitrogens with zero attached hydrogens (tertiary/aromatic N) is 2. The number of para-hydroxylation sites is 1. The number of aryl methyl sites for hydroxylation is 2. The lowest BCUT2D eigenvalue weighted by Crippen LogP contribution is -1.93. The molecule has 0 amide bonds. The molecule has 0 aliphatic carbocycles. The van der Waals surface area contributed by atoms with Gasteiger partial charge in [-0.3, -0.25) is 4.98 Å². The van der Waals surface area contributed by atoms with Crippen molar-refractivity contribution in [2.75, 3.05) is 0 Å². The van der Waals surface area contributed by atoms with Gasteiger partial charge in [0, 0.05) is 16.6 Å². The first-order valence-corrected chi connectivity index (χ1v) is 6.55. The zero-order valence-electron chi connectivity index (χ0n) is 10.7. The van der Waals surface area contributed by atoms with Crippen molar-refractivity contribution in [3.63, 3.8) is 0 Å². The number of hydrogen-bond acceptors (Lipinski definition) is 4. The Labute approximate surface area is 115 Å². The molecule has 4 nitrogen and oxygen atoms in total. The first kappa shape index (κ1) is 12.0. The summed E-state index contributed by atoms with van der Waals surface area (Å²) in [5.41, 5.74) is 4.08. The molecule has 96 valence electrons. The summed E-state index contributed by atoms with van der Waals surface area (Å²) in [6, 6.07) is 8.13. The first-order valence-electron chi connectivity index (χ1n) is 6.14. The summed E-state index contributed by atoms with van der Waals surface area (Å²) in [7, 11) is 0. The molecule has 0 bridgehead atoms. The highest BCUT2D eigenvalue weighted by molar-refractivity contribution is 7.71. The van der Waals surface area contributed by atoms with Crippen LogP contribution in [-0.4, -0.2) is 15.2 Å². The van der Waals surface area contributed by atoms with Crippen LogP contribution < -0.4 is 0 Å². The predicted octanol–water partition coefficient (Wildman–Crippen LogP) is 3.82. The van der Waals surface area contributed by atoms with E-state index in [-0.39, 0.29) is 4.84 Å². The van der Waals surface area contributed by atoms with E-state index in [1.807, 2.05) is 25.1 Å². The van der Waals surface area contributed by atoms with Crippen LogP contribution >= 0.6 is 12.2 Å². The Hall–Kier alpha value is -2.01. The van der Waals surface area contributed by atoms with Crippen molar-refractivity contribution in [1.82, 2.24) is 15.2 Å². The molecule has 0 spiro atoms. The minimum atomic E-state index is 0.282. The highest BCUT2D eigenvalue weighted by Crippen LogP contribution is 2.29. The van der Waals surface area contributed by atoms with Crippen molar-refractivity contribution >= 4 is 23.1 Å². The molecule has 0 unspecified atom stereocenters. The molecule has 0 fully saturated rings. The molecule has 1 N–H and O–H groups in total. The second-order valence-electron chi connectivity index (χ2n) is 4.40. The fraction of sp³-hybridized carbons (Fsp3) is 0.214. The first-order chi connectivity index (χ1) is 9.19. The van der Waals surface area contributed by atoms with Gasteiger partial charge in [0.15, 0.2) is 0 Å². The van der Waals surface area contributed by atoms with Crippen LogP contribution in [0.2, 0.25) is 0 Å². The molecule has 19 heavy (non-hydrogen) atoms.